The molecular weight excluding hydrogens is 264 g/mol. The third-order valence-electron chi connectivity index (χ3n) is 3.60. The Morgan fingerprint density at radius 1 is 1.19 bits per heavy atom. The molecule has 1 aliphatic carbocycles. The summed E-state index contributed by atoms with van der Waals surface area (Å²) in [5.41, 5.74) is 7.09. The van der Waals surface area contributed by atoms with E-state index in [1.54, 1.807) is 6.07 Å². The maximum atomic E-state index is 9.32. The van der Waals surface area contributed by atoms with E-state index in [9.17, 15) is 5.11 Å². The predicted octanol–water partition coefficient (Wildman–Crippen LogP) is 1.94. The number of anilines is 2. The van der Waals surface area contributed by atoms with Gasteiger partial charge in [0.05, 0.1) is 6.61 Å². The van der Waals surface area contributed by atoms with E-state index >= 15 is 0 Å². The smallest absolute Gasteiger partial charge is 0.136 e. The van der Waals surface area contributed by atoms with Crippen molar-refractivity contribution in [3.63, 3.8) is 0 Å². The number of aliphatic hydroxyl groups excluding tert-OH is 1. The number of aliphatic hydroxyl groups is 1. The van der Waals surface area contributed by atoms with Crippen LogP contribution in [0.1, 0.15) is 30.1 Å². The van der Waals surface area contributed by atoms with Gasteiger partial charge in [0.25, 0.3) is 0 Å². The molecule has 1 aliphatic rings. The summed E-state index contributed by atoms with van der Waals surface area (Å²) >= 11 is 0. The quantitative estimate of drug-likeness (QED) is 0.848. The van der Waals surface area contributed by atoms with E-state index in [0.717, 1.165) is 24.5 Å². The lowest BCUT2D eigenvalue weighted by Gasteiger charge is -2.23. The van der Waals surface area contributed by atoms with Crippen molar-refractivity contribution < 1.29 is 5.11 Å². The minimum Gasteiger partial charge on any atom is -0.395 e. The standard InChI is InChI=1S/C16H20N4O/c17-14-10-15(19-16(18-14)13-6-7-13)20(8-9-21)11-12-4-2-1-3-5-12/h1-5,10,13,21H,6-9,11H2,(H2,17,18,19). The third-order valence-corrected chi connectivity index (χ3v) is 3.60. The summed E-state index contributed by atoms with van der Waals surface area (Å²) in [6.07, 6.45) is 2.28. The summed E-state index contributed by atoms with van der Waals surface area (Å²) < 4.78 is 0. The van der Waals surface area contributed by atoms with E-state index in [-0.39, 0.29) is 6.61 Å². The number of aromatic nitrogens is 2. The molecule has 0 amide bonds. The van der Waals surface area contributed by atoms with Crippen LogP contribution in [0.3, 0.4) is 0 Å². The molecule has 3 rings (SSSR count). The molecule has 5 heteroatoms. The number of nitrogen functional groups attached to an aromatic ring is 1. The van der Waals surface area contributed by atoms with Crippen LogP contribution in [0.15, 0.2) is 36.4 Å². The summed E-state index contributed by atoms with van der Waals surface area (Å²) in [5, 5.41) is 9.32. The van der Waals surface area contributed by atoms with Gasteiger partial charge in [-0.15, -0.1) is 0 Å². The molecule has 1 aromatic carbocycles. The van der Waals surface area contributed by atoms with Crippen LogP contribution >= 0.6 is 0 Å². The van der Waals surface area contributed by atoms with Gasteiger partial charge >= 0.3 is 0 Å². The van der Waals surface area contributed by atoms with Gasteiger partial charge in [-0.25, -0.2) is 9.97 Å². The van der Waals surface area contributed by atoms with Gasteiger partial charge in [0.2, 0.25) is 0 Å². The Morgan fingerprint density at radius 3 is 2.62 bits per heavy atom. The highest BCUT2D eigenvalue weighted by atomic mass is 16.3. The molecule has 0 spiro atoms. The summed E-state index contributed by atoms with van der Waals surface area (Å²) in [6, 6.07) is 11.9. The second-order valence-electron chi connectivity index (χ2n) is 5.41. The Hall–Kier alpha value is -2.14. The Morgan fingerprint density at radius 2 is 1.95 bits per heavy atom. The van der Waals surface area contributed by atoms with Crippen LogP contribution in [0.2, 0.25) is 0 Å². The van der Waals surface area contributed by atoms with Crippen molar-refractivity contribution in [2.24, 2.45) is 0 Å². The molecule has 0 atom stereocenters. The van der Waals surface area contributed by atoms with Gasteiger partial charge in [0.15, 0.2) is 0 Å². The molecule has 1 fully saturated rings. The molecule has 5 nitrogen and oxygen atoms in total. The lowest BCUT2D eigenvalue weighted by molar-refractivity contribution is 0.301. The number of hydrogen-bond donors (Lipinski definition) is 2. The Kier molecular flexibility index (Phi) is 4.01. The van der Waals surface area contributed by atoms with Crippen LogP contribution in [0.5, 0.6) is 0 Å². The van der Waals surface area contributed by atoms with Crippen molar-refractivity contribution in [3.8, 4) is 0 Å². The van der Waals surface area contributed by atoms with Gasteiger partial charge in [-0.3, -0.25) is 0 Å². The molecule has 110 valence electrons. The number of nitrogens with zero attached hydrogens (tertiary/aromatic N) is 3. The summed E-state index contributed by atoms with van der Waals surface area (Å²) in [7, 11) is 0. The fourth-order valence-corrected chi connectivity index (χ4v) is 2.36. The fraction of sp³-hybridized carbons (Fsp3) is 0.375. The van der Waals surface area contributed by atoms with Crippen LogP contribution < -0.4 is 10.6 Å². The molecule has 0 aliphatic heterocycles. The third kappa shape index (κ3) is 3.49. The van der Waals surface area contributed by atoms with Crippen molar-refractivity contribution in [2.45, 2.75) is 25.3 Å². The molecule has 0 unspecified atom stereocenters. The SMILES string of the molecule is Nc1cc(N(CCO)Cc2ccccc2)nc(C2CC2)n1. The van der Waals surface area contributed by atoms with Gasteiger partial charge in [-0.1, -0.05) is 30.3 Å². The topological polar surface area (TPSA) is 75.3 Å². The highest BCUT2D eigenvalue weighted by Gasteiger charge is 2.27. The van der Waals surface area contributed by atoms with Gasteiger partial charge in [0.1, 0.15) is 17.5 Å². The highest BCUT2D eigenvalue weighted by molar-refractivity contribution is 5.48. The number of benzene rings is 1. The molecule has 3 N–H and O–H groups in total. The van der Waals surface area contributed by atoms with E-state index in [1.807, 2.05) is 23.1 Å². The molecule has 21 heavy (non-hydrogen) atoms. The van der Waals surface area contributed by atoms with E-state index in [1.165, 1.54) is 5.56 Å². The van der Waals surface area contributed by atoms with Crippen LogP contribution in [-0.2, 0) is 6.54 Å². The zero-order valence-electron chi connectivity index (χ0n) is 11.9. The number of nitrogens with two attached hydrogens (primary N) is 1. The Balaban J connectivity index is 1.86. The average Bonchev–Trinajstić information content (AvgIpc) is 3.32. The van der Waals surface area contributed by atoms with Gasteiger partial charge < -0.3 is 15.7 Å². The van der Waals surface area contributed by atoms with Crippen molar-refractivity contribution >= 4 is 11.6 Å². The second kappa shape index (κ2) is 6.10. The van der Waals surface area contributed by atoms with E-state index in [0.29, 0.717) is 24.8 Å². The average molecular weight is 284 g/mol. The first-order valence-corrected chi connectivity index (χ1v) is 7.30. The summed E-state index contributed by atoms with van der Waals surface area (Å²) in [6.45, 7) is 1.30. The predicted molar refractivity (Wildman–Crippen MR) is 83.0 cm³/mol. The molecule has 0 bridgehead atoms. The second-order valence-corrected chi connectivity index (χ2v) is 5.41. The molecule has 0 saturated heterocycles. The Bertz CT molecular complexity index is 598. The van der Waals surface area contributed by atoms with Crippen LogP contribution in [-0.4, -0.2) is 28.2 Å². The monoisotopic (exact) mass is 284 g/mol. The van der Waals surface area contributed by atoms with Gasteiger partial charge in [-0.05, 0) is 18.4 Å². The van der Waals surface area contributed by atoms with Crippen LogP contribution in [0.25, 0.3) is 0 Å². The zero-order valence-corrected chi connectivity index (χ0v) is 11.9. The number of rotatable bonds is 6. The maximum absolute atomic E-state index is 9.32. The van der Waals surface area contributed by atoms with E-state index in [2.05, 4.69) is 22.1 Å². The van der Waals surface area contributed by atoms with Crippen molar-refractivity contribution in [1.82, 2.24) is 9.97 Å². The minimum absolute atomic E-state index is 0.0789. The molecule has 1 saturated carbocycles. The van der Waals surface area contributed by atoms with Gasteiger partial charge in [-0.2, -0.15) is 0 Å². The van der Waals surface area contributed by atoms with E-state index < -0.39 is 0 Å². The molecule has 2 aromatic rings. The summed E-state index contributed by atoms with van der Waals surface area (Å²) in [4.78, 5) is 11.0. The molecule has 0 radical (unpaired) electrons. The van der Waals surface area contributed by atoms with Crippen LogP contribution in [0.4, 0.5) is 11.6 Å². The zero-order chi connectivity index (χ0) is 14.7. The first kappa shape index (κ1) is 13.8. The molecule has 1 heterocycles. The highest BCUT2D eigenvalue weighted by Crippen LogP contribution is 2.39. The Labute approximate surface area is 124 Å². The first-order chi connectivity index (χ1) is 10.3. The first-order valence-electron chi connectivity index (χ1n) is 7.30. The normalized spacial score (nSPS) is 14.1. The van der Waals surface area contributed by atoms with Crippen LogP contribution in [0, 0.1) is 0 Å². The van der Waals surface area contributed by atoms with Gasteiger partial charge in [0, 0.05) is 25.1 Å². The largest absolute Gasteiger partial charge is 0.395 e. The van der Waals surface area contributed by atoms with Crippen molar-refractivity contribution in [1.29, 1.82) is 0 Å². The maximum Gasteiger partial charge on any atom is 0.136 e. The summed E-state index contributed by atoms with van der Waals surface area (Å²) in [5.74, 6) is 2.58. The molecule has 1 aromatic heterocycles. The minimum atomic E-state index is 0.0789. The van der Waals surface area contributed by atoms with Crippen molar-refractivity contribution in [2.75, 3.05) is 23.8 Å². The number of hydrogen-bond acceptors (Lipinski definition) is 5. The fourth-order valence-electron chi connectivity index (χ4n) is 2.36. The lowest BCUT2D eigenvalue weighted by Crippen LogP contribution is -2.27. The van der Waals surface area contributed by atoms with Crippen molar-refractivity contribution in [3.05, 3.63) is 47.8 Å². The molecular formula is C16H20N4O. The lowest BCUT2D eigenvalue weighted by atomic mass is 10.2. The van der Waals surface area contributed by atoms with E-state index in [4.69, 9.17) is 5.73 Å².